The van der Waals surface area contributed by atoms with Crippen molar-refractivity contribution in [3.05, 3.63) is 58.5 Å². The molecule has 1 aromatic heterocycles. The van der Waals surface area contributed by atoms with Crippen molar-refractivity contribution in [2.45, 2.75) is 26.7 Å². The molecule has 3 rings (SSSR count). The van der Waals surface area contributed by atoms with Crippen LogP contribution in [-0.4, -0.2) is 30.2 Å². The third-order valence-corrected chi connectivity index (χ3v) is 5.80. The summed E-state index contributed by atoms with van der Waals surface area (Å²) in [5.74, 6) is 1.15. The number of anilines is 1. The Morgan fingerprint density at radius 2 is 1.68 bits per heavy atom. The van der Waals surface area contributed by atoms with Crippen molar-refractivity contribution in [3.63, 3.8) is 0 Å². The molecule has 0 spiro atoms. The van der Waals surface area contributed by atoms with Gasteiger partial charge in [0.25, 0.3) is 5.91 Å². The molecule has 0 radical (unpaired) electrons. The van der Waals surface area contributed by atoms with E-state index in [4.69, 9.17) is 21.7 Å². The molecule has 0 saturated carbocycles. The molecule has 0 bridgehead atoms. The summed E-state index contributed by atoms with van der Waals surface area (Å²) in [6, 6.07) is 13.3. The van der Waals surface area contributed by atoms with Gasteiger partial charge in [-0.3, -0.25) is 10.1 Å². The predicted octanol–water partition coefficient (Wildman–Crippen LogP) is 5.39. The average Bonchev–Trinajstić information content (AvgIpc) is 3.12. The molecule has 0 unspecified atom stereocenters. The van der Waals surface area contributed by atoms with E-state index in [2.05, 4.69) is 53.7 Å². The van der Waals surface area contributed by atoms with Gasteiger partial charge in [0.2, 0.25) is 0 Å². The molecule has 2 N–H and O–H groups in total. The largest absolute Gasteiger partial charge is 0.497 e. The van der Waals surface area contributed by atoms with E-state index in [1.54, 1.807) is 18.2 Å². The molecule has 0 fully saturated rings. The smallest absolute Gasteiger partial charge is 0.257 e. The number of amides is 1. The summed E-state index contributed by atoms with van der Waals surface area (Å²) < 4.78 is 10.4. The minimum atomic E-state index is -0.368. The highest BCUT2D eigenvalue weighted by atomic mass is 32.1. The Hall–Kier alpha value is -2.97. The van der Waals surface area contributed by atoms with Crippen LogP contribution in [0, 0.1) is 6.92 Å². The number of thiazole rings is 1. The number of methoxy groups -OCH3 is 2. The van der Waals surface area contributed by atoms with Crippen LogP contribution in [0.4, 0.5) is 5.13 Å². The van der Waals surface area contributed by atoms with E-state index >= 15 is 0 Å². The predicted molar refractivity (Wildman–Crippen MR) is 130 cm³/mol. The molecular weight excluding hydrogens is 430 g/mol. The maximum atomic E-state index is 12.6. The first-order valence-corrected chi connectivity index (χ1v) is 11.0. The second kappa shape index (κ2) is 9.89. The molecule has 3 aromatic rings. The summed E-state index contributed by atoms with van der Waals surface area (Å²) >= 11 is 6.79. The van der Waals surface area contributed by atoms with E-state index < -0.39 is 0 Å². The fraction of sp³-hybridized carbons (Fsp3) is 0.261. The van der Waals surface area contributed by atoms with Gasteiger partial charge in [-0.25, -0.2) is 4.98 Å². The summed E-state index contributed by atoms with van der Waals surface area (Å²) in [6.45, 7) is 6.35. The Kier molecular flexibility index (Phi) is 7.25. The lowest BCUT2D eigenvalue weighted by Gasteiger charge is -2.10. The summed E-state index contributed by atoms with van der Waals surface area (Å²) in [4.78, 5) is 18.3. The standard InChI is InChI=1S/C23H25N3O3S2/c1-13(2)15-6-8-16(9-7-15)20-14(3)31-23(24-20)26-22(30)25-21(27)17-10-18(28-4)12-19(11-17)29-5/h6-13H,1-5H3,(H2,24,25,26,27,30). The van der Waals surface area contributed by atoms with Crippen molar-refractivity contribution in [1.29, 1.82) is 0 Å². The average molecular weight is 456 g/mol. The Bertz CT molecular complexity index is 1070. The van der Waals surface area contributed by atoms with Gasteiger partial charge in [-0.15, -0.1) is 11.3 Å². The molecule has 162 valence electrons. The van der Waals surface area contributed by atoms with Crippen LogP contribution in [0.2, 0.25) is 0 Å². The van der Waals surface area contributed by atoms with Gasteiger partial charge in [-0.05, 0) is 42.8 Å². The first-order chi connectivity index (χ1) is 14.8. The highest BCUT2D eigenvalue weighted by Crippen LogP contribution is 2.31. The number of carbonyl (C=O) groups excluding carboxylic acids is 1. The number of nitrogens with zero attached hydrogens (tertiary/aromatic N) is 1. The van der Waals surface area contributed by atoms with Crippen LogP contribution >= 0.6 is 23.6 Å². The fourth-order valence-electron chi connectivity index (χ4n) is 2.99. The van der Waals surface area contributed by atoms with E-state index in [-0.39, 0.29) is 11.0 Å². The van der Waals surface area contributed by atoms with Crippen molar-refractivity contribution in [2.24, 2.45) is 0 Å². The second-order valence-corrected chi connectivity index (χ2v) is 8.82. The zero-order valence-electron chi connectivity index (χ0n) is 18.1. The van der Waals surface area contributed by atoms with Gasteiger partial charge >= 0.3 is 0 Å². The van der Waals surface area contributed by atoms with Crippen molar-refractivity contribution < 1.29 is 14.3 Å². The van der Waals surface area contributed by atoms with Gasteiger partial charge in [0, 0.05) is 22.1 Å². The molecule has 6 nitrogen and oxygen atoms in total. The zero-order chi connectivity index (χ0) is 22.5. The monoisotopic (exact) mass is 455 g/mol. The van der Waals surface area contributed by atoms with Crippen LogP contribution in [0.3, 0.4) is 0 Å². The van der Waals surface area contributed by atoms with E-state index in [1.807, 2.05) is 6.92 Å². The Morgan fingerprint density at radius 1 is 1.06 bits per heavy atom. The number of rotatable bonds is 6. The quantitative estimate of drug-likeness (QED) is 0.486. The topological polar surface area (TPSA) is 72.5 Å². The van der Waals surface area contributed by atoms with Crippen LogP contribution < -0.4 is 20.1 Å². The summed E-state index contributed by atoms with van der Waals surface area (Å²) in [7, 11) is 3.06. The second-order valence-electron chi connectivity index (χ2n) is 7.21. The fourth-order valence-corrected chi connectivity index (χ4v) is 4.08. The molecule has 2 aromatic carbocycles. The molecule has 0 atom stereocenters. The van der Waals surface area contributed by atoms with Crippen molar-refractivity contribution in [2.75, 3.05) is 19.5 Å². The molecule has 31 heavy (non-hydrogen) atoms. The molecule has 0 aliphatic heterocycles. The SMILES string of the molecule is COc1cc(OC)cc(C(=O)NC(=S)Nc2nc(-c3ccc(C(C)C)cc3)c(C)s2)c1. The Morgan fingerprint density at radius 3 is 2.23 bits per heavy atom. The Balaban J connectivity index is 1.70. The van der Waals surface area contributed by atoms with E-state index in [1.165, 1.54) is 31.1 Å². The molecule has 1 amide bonds. The van der Waals surface area contributed by atoms with Crippen molar-refractivity contribution >= 4 is 39.7 Å². The maximum Gasteiger partial charge on any atom is 0.257 e. The molecule has 0 aliphatic carbocycles. The number of hydrogen-bond donors (Lipinski definition) is 2. The van der Waals surface area contributed by atoms with Crippen LogP contribution in [0.5, 0.6) is 11.5 Å². The molecule has 8 heteroatoms. The van der Waals surface area contributed by atoms with Gasteiger partial charge in [0.05, 0.1) is 19.9 Å². The maximum absolute atomic E-state index is 12.6. The number of hydrogen-bond acceptors (Lipinski definition) is 6. The number of aromatic nitrogens is 1. The van der Waals surface area contributed by atoms with Gasteiger partial charge in [0.1, 0.15) is 11.5 Å². The number of carbonyl (C=O) groups is 1. The highest BCUT2D eigenvalue weighted by molar-refractivity contribution is 7.80. The summed E-state index contributed by atoms with van der Waals surface area (Å²) in [6.07, 6.45) is 0. The number of aryl methyl sites for hydroxylation is 1. The van der Waals surface area contributed by atoms with E-state index in [0.717, 1.165) is 16.1 Å². The molecular formula is C23H25N3O3S2. The van der Waals surface area contributed by atoms with Gasteiger partial charge < -0.3 is 14.8 Å². The lowest BCUT2D eigenvalue weighted by atomic mass is 10.0. The summed E-state index contributed by atoms with van der Waals surface area (Å²) in [5.41, 5.74) is 3.61. The van der Waals surface area contributed by atoms with Gasteiger partial charge in [0.15, 0.2) is 10.2 Å². The minimum Gasteiger partial charge on any atom is -0.497 e. The lowest BCUT2D eigenvalue weighted by Crippen LogP contribution is -2.34. The molecule has 0 saturated heterocycles. The lowest BCUT2D eigenvalue weighted by molar-refractivity contribution is 0.0977. The van der Waals surface area contributed by atoms with Gasteiger partial charge in [-0.1, -0.05) is 38.1 Å². The number of nitrogens with one attached hydrogen (secondary N) is 2. The number of ether oxygens (including phenoxy) is 2. The minimum absolute atomic E-state index is 0.169. The van der Waals surface area contributed by atoms with Crippen LogP contribution in [-0.2, 0) is 0 Å². The first kappa shape index (κ1) is 22.7. The summed E-state index contributed by atoms with van der Waals surface area (Å²) in [5, 5.41) is 6.47. The van der Waals surface area contributed by atoms with Crippen molar-refractivity contribution in [3.8, 4) is 22.8 Å². The first-order valence-electron chi connectivity index (χ1n) is 9.74. The van der Waals surface area contributed by atoms with Crippen LogP contribution in [0.1, 0.15) is 40.6 Å². The normalized spacial score (nSPS) is 10.6. The van der Waals surface area contributed by atoms with E-state index in [9.17, 15) is 4.79 Å². The van der Waals surface area contributed by atoms with Crippen LogP contribution in [0.15, 0.2) is 42.5 Å². The number of thiocarbonyl (C=S) groups is 1. The Labute approximate surface area is 191 Å². The third kappa shape index (κ3) is 5.59. The van der Waals surface area contributed by atoms with Gasteiger partial charge in [-0.2, -0.15) is 0 Å². The highest BCUT2D eigenvalue weighted by Gasteiger charge is 2.14. The molecule has 1 heterocycles. The molecule has 0 aliphatic rings. The zero-order valence-corrected chi connectivity index (χ0v) is 19.7. The van der Waals surface area contributed by atoms with Crippen LogP contribution in [0.25, 0.3) is 11.3 Å². The van der Waals surface area contributed by atoms with Crippen molar-refractivity contribution in [1.82, 2.24) is 10.3 Å². The third-order valence-electron chi connectivity index (χ3n) is 4.71. The number of benzene rings is 2. The van der Waals surface area contributed by atoms with E-state index in [0.29, 0.717) is 28.1 Å².